The van der Waals surface area contributed by atoms with Gasteiger partial charge in [0.15, 0.2) is 0 Å². The van der Waals surface area contributed by atoms with Crippen molar-refractivity contribution in [2.45, 2.75) is 13.3 Å². The van der Waals surface area contributed by atoms with Crippen LogP contribution in [0, 0.1) is 11.3 Å². The summed E-state index contributed by atoms with van der Waals surface area (Å²) in [5, 5.41) is 9.07. The first-order valence-electron chi connectivity index (χ1n) is 4.10. The van der Waals surface area contributed by atoms with Gasteiger partial charge >= 0.3 is 0 Å². The fraction of sp³-hybridized carbons (Fsp3) is 0.300. The second-order valence-corrected chi connectivity index (χ2v) is 3.01. The molecular weight excluding hydrogens is 186 g/mol. The van der Waals surface area contributed by atoms with Gasteiger partial charge in [-0.25, -0.2) is 0 Å². The second-order valence-electron chi connectivity index (χ2n) is 2.61. The molecule has 0 aliphatic carbocycles. The van der Waals surface area contributed by atoms with Crippen molar-refractivity contribution < 1.29 is 4.74 Å². The molecule has 13 heavy (non-hydrogen) atoms. The third kappa shape index (κ3) is 2.64. The van der Waals surface area contributed by atoms with Gasteiger partial charge in [0.1, 0.15) is 5.75 Å². The van der Waals surface area contributed by atoms with Gasteiger partial charge in [-0.2, -0.15) is 5.26 Å². The van der Waals surface area contributed by atoms with E-state index in [2.05, 4.69) is 0 Å². The minimum absolute atomic E-state index is 0.493. The Hall–Kier alpha value is -1.20. The van der Waals surface area contributed by atoms with Gasteiger partial charge in [-0.3, -0.25) is 0 Å². The fourth-order valence-electron chi connectivity index (χ4n) is 0.899. The first-order valence-corrected chi connectivity index (χ1v) is 4.48. The lowest BCUT2D eigenvalue weighted by Gasteiger charge is -2.05. The van der Waals surface area contributed by atoms with E-state index in [0.717, 1.165) is 6.42 Å². The Morgan fingerprint density at radius 2 is 2.31 bits per heavy atom. The monoisotopic (exact) mass is 195 g/mol. The zero-order valence-corrected chi connectivity index (χ0v) is 8.14. The Bertz CT molecular complexity index is 330. The van der Waals surface area contributed by atoms with E-state index in [1.807, 2.05) is 13.0 Å². The maximum atomic E-state index is 8.58. The van der Waals surface area contributed by atoms with Crippen LogP contribution in [0.2, 0.25) is 5.02 Å². The van der Waals surface area contributed by atoms with Gasteiger partial charge in [-0.1, -0.05) is 18.5 Å². The SMILES string of the molecule is CCCOc1ccc(C#N)cc1Cl. The highest BCUT2D eigenvalue weighted by Crippen LogP contribution is 2.25. The molecule has 0 aliphatic heterocycles. The van der Waals surface area contributed by atoms with Crippen LogP contribution in [0.5, 0.6) is 5.75 Å². The lowest BCUT2D eigenvalue weighted by Crippen LogP contribution is -1.95. The molecule has 0 aromatic heterocycles. The van der Waals surface area contributed by atoms with E-state index in [9.17, 15) is 0 Å². The van der Waals surface area contributed by atoms with Crippen LogP contribution in [0.4, 0.5) is 0 Å². The van der Waals surface area contributed by atoms with E-state index < -0.39 is 0 Å². The van der Waals surface area contributed by atoms with Crippen LogP contribution in [0.3, 0.4) is 0 Å². The molecule has 1 aromatic carbocycles. The molecule has 0 atom stereocenters. The molecule has 0 radical (unpaired) electrons. The summed E-state index contributed by atoms with van der Waals surface area (Å²) in [5.74, 6) is 0.641. The molecule has 0 saturated carbocycles. The Morgan fingerprint density at radius 3 is 2.85 bits per heavy atom. The van der Waals surface area contributed by atoms with Crippen LogP contribution in [-0.4, -0.2) is 6.61 Å². The van der Waals surface area contributed by atoms with Gasteiger partial charge < -0.3 is 4.74 Å². The molecule has 0 heterocycles. The molecular formula is C10H10ClNO. The van der Waals surface area contributed by atoms with E-state index >= 15 is 0 Å². The number of rotatable bonds is 3. The zero-order chi connectivity index (χ0) is 9.68. The lowest BCUT2D eigenvalue weighted by molar-refractivity contribution is 0.317. The molecule has 0 amide bonds. The maximum absolute atomic E-state index is 8.58. The fourth-order valence-corrected chi connectivity index (χ4v) is 1.13. The molecule has 68 valence electrons. The van der Waals surface area contributed by atoms with E-state index in [4.69, 9.17) is 21.6 Å². The third-order valence-corrected chi connectivity index (χ3v) is 1.82. The Labute approximate surface area is 82.7 Å². The summed E-state index contributed by atoms with van der Waals surface area (Å²) >= 11 is 5.87. The minimum atomic E-state index is 0.493. The van der Waals surface area contributed by atoms with E-state index in [1.165, 1.54) is 0 Å². The van der Waals surface area contributed by atoms with Crippen molar-refractivity contribution in [1.29, 1.82) is 5.26 Å². The quantitative estimate of drug-likeness (QED) is 0.743. The van der Waals surface area contributed by atoms with Crippen molar-refractivity contribution >= 4 is 11.6 Å². The predicted molar refractivity (Wildman–Crippen MR) is 52.0 cm³/mol. The van der Waals surface area contributed by atoms with E-state index in [1.54, 1.807) is 18.2 Å². The molecule has 0 saturated heterocycles. The van der Waals surface area contributed by atoms with Crippen LogP contribution in [0.15, 0.2) is 18.2 Å². The van der Waals surface area contributed by atoms with Crippen molar-refractivity contribution in [2.75, 3.05) is 6.61 Å². The highest BCUT2D eigenvalue weighted by molar-refractivity contribution is 6.32. The lowest BCUT2D eigenvalue weighted by atomic mass is 10.2. The zero-order valence-electron chi connectivity index (χ0n) is 7.38. The highest BCUT2D eigenvalue weighted by Gasteiger charge is 2.01. The number of hydrogen-bond acceptors (Lipinski definition) is 2. The van der Waals surface area contributed by atoms with Gasteiger partial charge in [-0.15, -0.1) is 0 Å². The molecule has 0 bridgehead atoms. The molecule has 0 N–H and O–H groups in total. The number of halogens is 1. The molecule has 0 fully saturated rings. The van der Waals surface area contributed by atoms with Crippen molar-refractivity contribution in [3.05, 3.63) is 28.8 Å². The number of nitrogens with zero attached hydrogens (tertiary/aromatic N) is 1. The summed E-state index contributed by atoms with van der Waals surface area (Å²) in [6.45, 7) is 2.67. The van der Waals surface area contributed by atoms with Gasteiger partial charge in [0.25, 0.3) is 0 Å². The second kappa shape index (κ2) is 4.74. The number of ether oxygens (including phenoxy) is 1. The third-order valence-electron chi connectivity index (χ3n) is 1.52. The number of benzene rings is 1. The smallest absolute Gasteiger partial charge is 0.137 e. The summed E-state index contributed by atoms with van der Waals surface area (Å²) < 4.78 is 5.34. The average Bonchev–Trinajstić information content (AvgIpc) is 2.16. The maximum Gasteiger partial charge on any atom is 0.137 e. The predicted octanol–water partition coefficient (Wildman–Crippen LogP) is 3.00. The number of nitriles is 1. The van der Waals surface area contributed by atoms with Crippen molar-refractivity contribution in [3.63, 3.8) is 0 Å². The molecule has 2 nitrogen and oxygen atoms in total. The number of hydrogen-bond donors (Lipinski definition) is 0. The van der Waals surface area contributed by atoms with Gasteiger partial charge in [0.05, 0.1) is 23.3 Å². The van der Waals surface area contributed by atoms with Gasteiger partial charge in [0.2, 0.25) is 0 Å². The molecule has 1 aromatic rings. The van der Waals surface area contributed by atoms with Gasteiger partial charge in [-0.05, 0) is 24.6 Å². The van der Waals surface area contributed by atoms with Crippen LogP contribution < -0.4 is 4.74 Å². The van der Waals surface area contributed by atoms with Crippen molar-refractivity contribution in [3.8, 4) is 11.8 Å². The summed E-state index contributed by atoms with van der Waals surface area (Å²) in [7, 11) is 0. The van der Waals surface area contributed by atoms with Crippen LogP contribution >= 0.6 is 11.6 Å². The molecule has 0 spiro atoms. The van der Waals surface area contributed by atoms with Crippen LogP contribution in [-0.2, 0) is 0 Å². The summed E-state index contributed by atoms with van der Waals surface area (Å²) in [4.78, 5) is 0. The molecule has 1 rings (SSSR count). The van der Waals surface area contributed by atoms with Gasteiger partial charge in [0, 0.05) is 0 Å². The first kappa shape index (κ1) is 9.88. The van der Waals surface area contributed by atoms with Crippen molar-refractivity contribution in [2.24, 2.45) is 0 Å². The normalized spacial score (nSPS) is 9.31. The standard InChI is InChI=1S/C10H10ClNO/c1-2-5-13-10-4-3-8(7-12)6-9(10)11/h3-4,6H,2,5H2,1H3. The Kier molecular flexibility index (Phi) is 3.60. The average molecular weight is 196 g/mol. The Balaban J connectivity index is 2.81. The summed E-state index contributed by atoms with van der Waals surface area (Å²) in [6, 6.07) is 7.02. The highest BCUT2D eigenvalue weighted by atomic mass is 35.5. The molecule has 0 aliphatic rings. The minimum Gasteiger partial charge on any atom is -0.492 e. The summed E-state index contributed by atoms with van der Waals surface area (Å²) in [5.41, 5.74) is 0.550. The Morgan fingerprint density at radius 1 is 1.54 bits per heavy atom. The van der Waals surface area contributed by atoms with Crippen molar-refractivity contribution in [1.82, 2.24) is 0 Å². The first-order chi connectivity index (χ1) is 6.27. The van der Waals surface area contributed by atoms with E-state index in [0.29, 0.717) is 22.9 Å². The molecule has 3 heteroatoms. The topological polar surface area (TPSA) is 33.0 Å². The summed E-state index contributed by atoms with van der Waals surface area (Å²) in [6.07, 6.45) is 0.941. The van der Waals surface area contributed by atoms with E-state index in [-0.39, 0.29) is 0 Å². The molecule has 0 unspecified atom stereocenters. The largest absolute Gasteiger partial charge is 0.492 e. The van der Waals surface area contributed by atoms with Crippen LogP contribution in [0.25, 0.3) is 0 Å². The van der Waals surface area contributed by atoms with Crippen LogP contribution in [0.1, 0.15) is 18.9 Å².